The third-order valence-electron chi connectivity index (χ3n) is 3.48. The van der Waals surface area contributed by atoms with Crippen LogP contribution in [0.1, 0.15) is 38.5 Å². The SMILES string of the molecule is O=C(CCNC(=O)OCC1CCCCC1)NCCS(=O)(=O)O. The second-order valence-electron chi connectivity index (χ2n) is 5.42. The van der Waals surface area contributed by atoms with E-state index in [1.807, 2.05) is 0 Å². The van der Waals surface area contributed by atoms with Crippen LogP contribution in [0, 0.1) is 5.92 Å². The van der Waals surface area contributed by atoms with Crippen LogP contribution in [0.2, 0.25) is 0 Å². The van der Waals surface area contributed by atoms with E-state index in [0.717, 1.165) is 12.8 Å². The van der Waals surface area contributed by atoms with Crippen molar-refractivity contribution in [3.8, 4) is 0 Å². The normalized spacial score (nSPS) is 16.0. The summed E-state index contributed by atoms with van der Waals surface area (Å²) in [4.78, 5) is 22.8. The van der Waals surface area contributed by atoms with Gasteiger partial charge in [0.1, 0.15) is 0 Å². The number of hydrogen-bond donors (Lipinski definition) is 3. The van der Waals surface area contributed by atoms with Crippen LogP contribution in [0.15, 0.2) is 0 Å². The molecule has 1 aliphatic rings. The first-order valence-corrected chi connectivity index (χ1v) is 9.10. The average Bonchev–Trinajstić information content (AvgIpc) is 2.45. The molecular formula is C13H24N2O6S. The molecule has 1 aliphatic carbocycles. The predicted molar refractivity (Wildman–Crippen MR) is 80.0 cm³/mol. The van der Waals surface area contributed by atoms with E-state index in [-0.39, 0.29) is 19.5 Å². The summed E-state index contributed by atoms with van der Waals surface area (Å²) in [5.74, 6) is -0.505. The van der Waals surface area contributed by atoms with Crippen molar-refractivity contribution >= 4 is 22.1 Å². The lowest BCUT2D eigenvalue weighted by molar-refractivity contribution is -0.120. The van der Waals surface area contributed by atoms with Gasteiger partial charge in [-0.15, -0.1) is 0 Å². The van der Waals surface area contributed by atoms with Crippen molar-refractivity contribution in [1.82, 2.24) is 10.6 Å². The molecule has 9 heteroatoms. The molecule has 0 aliphatic heterocycles. The summed E-state index contributed by atoms with van der Waals surface area (Å²) in [6.45, 7) is 0.359. The molecule has 1 rings (SSSR count). The van der Waals surface area contributed by atoms with E-state index < -0.39 is 27.9 Å². The van der Waals surface area contributed by atoms with Gasteiger partial charge in [0.15, 0.2) is 0 Å². The van der Waals surface area contributed by atoms with Crippen molar-refractivity contribution in [2.24, 2.45) is 5.92 Å². The highest BCUT2D eigenvalue weighted by Gasteiger charge is 2.15. The Morgan fingerprint density at radius 3 is 2.41 bits per heavy atom. The van der Waals surface area contributed by atoms with E-state index in [1.165, 1.54) is 19.3 Å². The van der Waals surface area contributed by atoms with Crippen LogP contribution in [-0.4, -0.2) is 50.4 Å². The minimum Gasteiger partial charge on any atom is -0.449 e. The van der Waals surface area contributed by atoms with Crippen LogP contribution >= 0.6 is 0 Å². The molecule has 3 N–H and O–H groups in total. The maximum atomic E-state index is 11.4. The zero-order valence-corrected chi connectivity index (χ0v) is 13.4. The number of hydrogen-bond acceptors (Lipinski definition) is 5. The van der Waals surface area contributed by atoms with E-state index in [1.54, 1.807) is 0 Å². The van der Waals surface area contributed by atoms with Crippen LogP contribution in [0.4, 0.5) is 4.79 Å². The molecule has 0 spiro atoms. The fourth-order valence-electron chi connectivity index (χ4n) is 2.28. The summed E-state index contributed by atoms with van der Waals surface area (Å²) in [7, 11) is -4.08. The Kier molecular flexibility index (Phi) is 8.18. The van der Waals surface area contributed by atoms with Crippen molar-refractivity contribution in [3.63, 3.8) is 0 Å². The molecule has 0 radical (unpaired) electrons. The van der Waals surface area contributed by atoms with E-state index >= 15 is 0 Å². The molecule has 0 heterocycles. The number of amides is 2. The Bertz CT molecular complexity index is 459. The van der Waals surface area contributed by atoms with E-state index in [0.29, 0.717) is 12.5 Å². The van der Waals surface area contributed by atoms with Gasteiger partial charge < -0.3 is 15.4 Å². The van der Waals surface area contributed by atoms with Gasteiger partial charge in [-0.1, -0.05) is 19.3 Å². The maximum Gasteiger partial charge on any atom is 0.407 e. The van der Waals surface area contributed by atoms with Crippen molar-refractivity contribution in [3.05, 3.63) is 0 Å². The van der Waals surface area contributed by atoms with Crippen molar-refractivity contribution in [1.29, 1.82) is 0 Å². The number of alkyl carbamates (subject to hydrolysis) is 1. The third kappa shape index (κ3) is 9.56. The fourth-order valence-corrected chi connectivity index (χ4v) is 2.64. The smallest absolute Gasteiger partial charge is 0.407 e. The molecule has 8 nitrogen and oxygen atoms in total. The second kappa shape index (κ2) is 9.62. The molecule has 0 aromatic rings. The van der Waals surface area contributed by atoms with E-state index in [9.17, 15) is 18.0 Å². The second-order valence-corrected chi connectivity index (χ2v) is 6.99. The highest BCUT2D eigenvalue weighted by Crippen LogP contribution is 2.23. The summed E-state index contributed by atoms with van der Waals surface area (Å²) >= 11 is 0. The third-order valence-corrected chi connectivity index (χ3v) is 4.20. The Morgan fingerprint density at radius 2 is 1.77 bits per heavy atom. The number of rotatable bonds is 8. The Labute approximate surface area is 130 Å². The quantitative estimate of drug-likeness (QED) is 0.561. The zero-order valence-electron chi connectivity index (χ0n) is 12.5. The number of carbonyl (C=O) groups excluding carboxylic acids is 2. The van der Waals surface area contributed by atoms with Crippen LogP contribution in [0.25, 0.3) is 0 Å². The standard InChI is InChI=1S/C13H24N2O6S/c16-12(14-8-9-22(18,19)20)6-7-15-13(17)21-10-11-4-2-1-3-5-11/h11H,1-10H2,(H,14,16)(H,15,17)(H,18,19,20). The van der Waals surface area contributed by atoms with Gasteiger partial charge in [-0.2, -0.15) is 8.42 Å². The molecule has 1 saturated carbocycles. The monoisotopic (exact) mass is 336 g/mol. The lowest BCUT2D eigenvalue weighted by Gasteiger charge is -2.21. The van der Waals surface area contributed by atoms with E-state index in [4.69, 9.17) is 9.29 Å². The van der Waals surface area contributed by atoms with Crippen molar-refractivity contribution in [2.45, 2.75) is 38.5 Å². The molecule has 0 aromatic carbocycles. The van der Waals surface area contributed by atoms with Gasteiger partial charge in [0.05, 0.1) is 12.4 Å². The summed E-state index contributed by atoms with van der Waals surface area (Å²) in [6, 6.07) is 0. The van der Waals surface area contributed by atoms with Gasteiger partial charge in [0.2, 0.25) is 5.91 Å². The summed E-state index contributed by atoms with van der Waals surface area (Å²) < 4.78 is 34.5. The first-order valence-electron chi connectivity index (χ1n) is 7.49. The van der Waals surface area contributed by atoms with Gasteiger partial charge in [-0.3, -0.25) is 9.35 Å². The van der Waals surface area contributed by atoms with Gasteiger partial charge in [-0.25, -0.2) is 4.79 Å². The molecular weight excluding hydrogens is 312 g/mol. The van der Waals surface area contributed by atoms with Crippen molar-refractivity contribution < 1.29 is 27.3 Å². The first kappa shape index (κ1) is 18.7. The maximum absolute atomic E-state index is 11.4. The van der Waals surface area contributed by atoms with Gasteiger partial charge >= 0.3 is 6.09 Å². The molecule has 0 saturated heterocycles. The van der Waals surface area contributed by atoms with Crippen LogP contribution in [0.3, 0.4) is 0 Å². The highest BCUT2D eigenvalue weighted by atomic mass is 32.2. The Balaban J connectivity index is 2.02. The molecule has 0 unspecified atom stereocenters. The minimum absolute atomic E-state index is 0.0179. The number of ether oxygens (including phenoxy) is 1. The Morgan fingerprint density at radius 1 is 1.09 bits per heavy atom. The van der Waals surface area contributed by atoms with Gasteiger partial charge in [0.25, 0.3) is 10.1 Å². The molecule has 0 atom stereocenters. The fraction of sp³-hybridized carbons (Fsp3) is 0.846. The lowest BCUT2D eigenvalue weighted by Crippen LogP contribution is -2.33. The molecule has 0 bridgehead atoms. The van der Waals surface area contributed by atoms with E-state index in [2.05, 4.69) is 10.6 Å². The number of carbonyl (C=O) groups is 2. The molecule has 22 heavy (non-hydrogen) atoms. The minimum atomic E-state index is -4.08. The van der Waals surface area contributed by atoms with Crippen molar-refractivity contribution in [2.75, 3.05) is 25.4 Å². The summed E-state index contributed by atoms with van der Waals surface area (Å²) in [6.07, 6.45) is 5.25. The van der Waals surface area contributed by atoms with Crippen LogP contribution < -0.4 is 10.6 Å². The number of nitrogens with one attached hydrogen (secondary N) is 2. The Hall–Kier alpha value is -1.35. The molecule has 2 amide bonds. The molecule has 128 valence electrons. The topological polar surface area (TPSA) is 122 Å². The lowest BCUT2D eigenvalue weighted by atomic mass is 9.90. The van der Waals surface area contributed by atoms with Crippen LogP contribution in [-0.2, 0) is 19.6 Å². The summed E-state index contributed by atoms with van der Waals surface area (Å²) in [5, 5.41) is 4.80. The van der Waals surface area contributed by atoms with Gasteiger partial charge in [-0.05, 0) is 18.8 Å². The largest absolute Gasteiger partial charge is 0.449 e. The average molecular weight is 336 g/mol. The zero-order chi connectivity index (χ0) is 16.4. The highest BCUT2D eigenvalue weighted by molar-refractivity contribution is 7.85. The summed E-state index contributed by atoms with van der Waals surface area (Å²) in [5.41, 5.74) is 0. The molecule has 0 aromatic heterocycles. The van der Waals surface area contributed by atoms with Crippen LogP contribution in [0.5, 0.6) is 0 Å². The first-order chi connectivity index (χ1) is 10.4. The predicted octanol–water partition coefficient (Wildman–Crippen LogP) is 0.687. The molecule has 1 fully saturated rings. The van der Waals surface area contributed by atoms with Gasteiger partial charge in [0, 0.05) is 19.5 Å².